The number of hydrogen-bond acceptors (Lipinski definition) is 6. The van der Waals surface area contributed by atoms with Crippen LogP contribution in [-0.4, -0.2) is 30.1 Å². The number of carbonyl (C=O) groups is 1. The van der Waals surface area contributed by atoms with Crippen LogP contribution >= 0.6 is 11.3 Å². The maximum Gasteiger partial charge on any atom is 2.00 e. The number of nitrogens with one attached hydrogen (secondary N) is 1. The van der Waals surface area contributed by atoms with Crippen molar-refractivity contribution < 1.29 is 50.7 Å². The SMILES string of the molecule is COc1ccc(Cc2cc(C)c(-c3csc(NC(=O)c4ccncc4)n3)c(C)c2)cc1.[Br-].[CH2-]c1ccc(OC)cc1.[Zn+2]. The van der Waals surface area contributed by atoms with Crippen LogP contribution in [0.25, 0.3) is 11.3 Å². The number of aryl methyl sites for hydroxylation is 2. The summed E-state index contributed by atoms with van der Waals surface area (Å²) in [4.78, 5) is 21.0. The summed E-state index contributed by atoms with van der Waals surface area (Å²) >= 11 is 1.42. The summed E-state index contributed by atoms with van der Waals surface area (Å²) < 4.78 is 10.2. The van der Waals surface area contributed by atoms with Crippen molar-refractivity contribution >= 4 is 22.4 Å². The quantitative estimate of drug-likeness (QED) is 0.200. The molecule has 0 unspecified atom stereocenters. The van der Waals surface area contributed by atoms with Crippen molar-refractivity contribution in [1.29, 1.82) is 0 Å². The molecule has 0 atom stereocenters. The van der Waals surface area contributed by atoms with Crippen LogP contribution in [-0.2, 0) is 25.9 Å². The number of pyridine rings is 1. The maximum absolute atomic E-state index is 12.4. The molecule has 5 rings (SSSR count). The van der Waals surface area contributed by atoms with Gasteiger partial charge in [0, 0.05) is 28.9 Å². The van der Waals surface area contributed by atoms with Crippen LogP contribution in [0.15, 0.2) is 90.6 Å². The Kier molecular flexibility index (Phi) is 13.9. The van der Waals surface area contributed by atoms with Crippen LogP contribution < -0.4 is 31.8 Å². The molecular weight excluding hydrogens is 664 g/mol. The van der Waals surface area contributed by atoms with Gasteiger partial charge in [0.2, 0.25) is 0 Å². The van der Waals surface area contributed by atoms with Gasteiger partial charge in [0.15, 0.2) is 5.13 Å². The normalized spacial score (nSPS) is 9.81. The zero-order valence-corrected chi connectivity index (χ0v) is 29.6. The Morgan fingerprint density at radius 3 is 1.95 bits per heavy atom. The summed E-state index contributed by atoms with van der Waals surface area (Å²) in [5.74, 6) is 1.55. The zero-order valence-electron chi connectivity index (χ0n) is 24.2. The monoisotopic (exact) mass is 693 g/mol. The molecule has 0 spiro atoms. The molecule has 2 heterocycles. The Balaban J connectivity index is 0.000000482. The van der Waals surface area contributed by atoms with Gasteiger partial charge in [0.05, 0.1) is 25.7 Å². The molecule has 0 bridgehead atoms. The number of benzene rings is 3. The number of anilines is 1. The standard InChI is InChI=1S/C25H23N3O2S.C8H9O.BrH.Zn/c1-16-12-19(14-18-4-6-21(30-3)7-5-18)13-17(2)23(16)22-15-31-25(27-22)28-24(29)20-8-10-26-11-9-20;1-7-3-5-8(9-2)6-4-7;;/h4-13,15H,14H2,1-3H3,(H,27,28,29);3-6H,1H2,2H3;1H;/q;-1;;+2/p-1. The number of thiazole rings is 1. The van der Waals surface area contributed by atoms with E-state index in [0.717, 1.165) is 34.7 Å². The van der Waals surface area contributed by atoms with Gasteiger partial charge in [0.25, 0.3) is 5.91 Å². The summed E-state index contributed by atoms with van der Waals surface area (Å²) in [6.07, 6.45) is 4.06. The molecular formula is C33H32BrN3O3SZn. The first-order valence-electron chi connectivity index (χ1n) is 12.7. The minimum absolute atomic E-state index is 0. The largest absolute Gasteiger partial charge is 2.00 e. The summed E-state index contributed by atoms with van der Waals surface area (Å²) in [5, 5.41) is 5.44. The second-order valence-corrected chi connectivity index (χ2v) is 10.1. The second kappa shape index (κ2) is 16.8. The molecule has 2 aromatic heterocycles. The Labute approximate surface area is 275 Å². The van der Waals surface area contributed by atoms with Gasteiger partial charge in [-0.25, -0.2) is 4.98 Å². The fraction of sp³-hybridized carbons (Fsp3) is 0.152. The van der Waals surface area contributed by atoms with Crippen LogP contribution in [0, 0.1) is 20.8 Å². The van der Waals surface area contributed by atoms with Crippen LogP contribution in [0.1, 0.15) is 38.2 Å². The molecule has 9 heteroatoms. The van der Waals surface area contributed by atoms with Crippen molar-refractivity contribution in [3.05, 3.63) is 131 Å². The van der Waals surface area contributed by atoms with E-state index in [2.05, 4.69) is 60.3 Å². The first kappa shape index (κ1) is 34.7. The number of aromatic nitrogens is 2. The Morgan fingerprint density at radius 1 is 0.857 bits per heavy atom. The van der Waals surface area contributed by atoms with Crippen molar-refractivity contribution in [2.24, 2.45) is 0 Å². The molecule has 6 nitrogen and oxygen atoms in total. The molecule has 1 amide bonds. The van der Waals surface area contributed by atoms with Gasteiger partial charge in [-0.1, -0.05) is 36.4 Å². The molecule has 0 aliphatic carbocycles. The molecule has 0 aliphatic rings. The Morgan fingerprint density at radius 2 is 1.40 bits per heavy atom. The van der Waals surface area contributed by atoms with Crippen LogP contribution in [0.2, 0.25) is 0 Å². The molecule has 212 valence electrons. The van der Waals surface area contributed by atoms with E-state index in [1.807, 2.05) is 41.8 Å². The van der Waals surface area contributed by atoms with Crippen LogP contribution in [0.4, 0.5) is 5.13 Å². The zero-order chi connectivity index (χ0) is 28.5. The third kappa shape index (κ3) is 9.51. The van der Waals surface area contributed by atoms with Gasteiger partial charge < -0.3 is 26.5 Å². The smallest absolute Gasteiger partial charge is 1.00 e. The Bertz CT molecular complexity index is 1540. The molecule has 5 aromatic rings. The van der Waals surface area contributed by atoms with Gasteiger partial charge in [-0.05, 0) is 66.8 Å². The molecule has 0 saturated carbocycles. The number of methoxy groups -OCH3 is 2. The topological polar surface area (TPSA) is 73.3 Å². The van der Waals surface area contributed by atoms with Crippen molar-refractivity contribution in [2.45, 2.75) is 20.3 Å². The molecule has 3 aromatic carbocycles. The van der Waals surface area contributed by atoms with E-state index in [9.17, 15) is 4.79 Å². The average molecular weight is 696 g/mol. The number of halogens is 1. The first-order valence-corrected chi connectivity index (χ1v) is 13.6. The molecule has 1 N–H and O–H groups in total. The third-order valence-corrected chi connectivity index (χ3v) is 7.00. The van der Waals surface area contributed by atoms with Crippen LogP contribution in [0.3, 0.4) is 0 Å². The summed E-state index contributed by atoms with van der Waals surface area (Å²) in [6.45, 7) is 7.95. The van der Waals surface area contributed by atoms with Crippen molar-refractivity contribution in [3.63, 3.8) is 0 Å². The van der Waals surface area contributed by atoms with Gasteiger partial charge in [-0.15, -0.1) is 11.3 Å². The number of hydrogen-bond donors (Lipinski definition) is 1. The minimum Gasteiger partial charge on any atom is -1.00 e. The summed E-state index contributed by atoms with van der Waals surface area (Å²) in [6, 6.07) is 23.6. The first-order chi connectivity index (χ1) is 19.4. The summed E-state index contributed by atoms with van der Waals surface area (Å²) in [7, 11) is 3.33. The predicted molar refractivity (Wildman–Crippen MR) is 162 cm³/mol. The van der Waals surface area contributed by atoms with Crippen molar-refractivity contribution in [3.8, 4) is 22.8 Å². The predicted octanol–water partition coefficient (Wildman–Crippen LogP) is 4.55. The van der Waals surface area contributed by atoms with Crippen molar-refractivity contribution in [1.82, 2.24) is 9.97 Å². The number of rotatable bonds is 7. The van der Waals surface area contributed by atoms with E-state index >= 15 is 0 Å². The van der Waals surface area contributed by atoms with E-state index in [1.54, 1.807) is 38.7 Å². The van der Waals surface area contributed by atoms with E-state index < -0.39 is 0 Å². The Hall–Kier alpha value is -3.52. The van der Waals surface area contributed by atoms with E-state index in [1.165, 1.54) is 33.6 Å². The molecule has 0 radical (unpaired) electrons. The fourth-order valence-corrected chi connectivity index (χ4v) is 4.98. The molecule has 0 fully saturated rings. The third-order valence-electron chi connectivity index (χ3n) is 6.24. The average Bonchev–Trinajstić information content (AvgIpc) is 3.42. The van der Waals surface area contributed by atoms with Crippen molar-refractivity contribution in [2.75, 3.05) is 19.5 Å². The number of ether oxygens (including phenoxy) is 2. The van der Waals surface area contributed by atoms with E-state index in [0.29, 0.717) is 10.7 Å². The maximum atomic E-state index is 12.4. The number of amides is 1. The minimum atomic E-state index is -0.188. The second-order valence-electron chi connectivity index (χ2n) is 9.21. The molecule has 0 saturated heterocycles. The van der Waals surface area contributed by atoms with Crippen LogP contribution in [0.5, 0.6) is 11.5 Å². The van der Waals surface area contributed by atoms with Gasteiger partial charge >= 0.3 is 19.5 Å². The molecule has 0 aliphatic heterocycles. The van der Waals surface area contributed by atoms with Gasteiger partial charge in [-0.2, -0.15) is 24.6 Å². The summed E-state index contributed by atoms with van der Waals surface area (Å²) in [5.41, 5.74) is 8.38. The van der Waals surface area contributed by atoms with E-state index in [4.69, 9.17) is 9.47 Å². The van der Waals surface area contributed by atoms with Gasteiger partial charge in [0.1, 0.15) is 5.75 Å². The van der Waals surface area contributed by atoms with Gasteiger partial charge in [-0.3, -0.25) is 15.1 Å². The van der Waals surface area contributed by atoms with E-state index in [-0.39, 0.29) is 42.4 Å². The number of nitrogens with zero attached hydrogens (tertiary/aromatic N) is 2. The number of carbonyl (C=O) groups excluding carboxylic acids is 1. The molecule has 42 heavy (non-hydrogen) atoms. The fourth-order valence-electron chi connectivity index (χ4n) is 4.28.